The predicted molar refractivity (Wildman–Crippen MR) is 86.5 cm³/mol. The molecule has 24 heavy (non-hydrogen) atoms. The predicted octanol–water partition coefficient (Wildman–Crippen LogP) is 3.52. The van der Waals surface area contributed by atoms with Crippen LogP contribution in [0.5, 0.6) is 0 Å². The van der Waals surface area contributed by atoms with Gasteiger partial charge in [-0.15, -0.1) is 0 Å². The van der Waals surface area contributed by atoms with Crippen LogP contribution >= 0.6 is 0 Å². The Bertz CT molecular complexity index is 583. The van der Waals surface area contributed by atoms with Crippen molar-refractivity contribution >= 4 is 19.2 Å². The van der Waals surface area contributed by atoms with Crippen LogP contribution in [0.25, 0.3) is 0 Å². The smallest absolute Gasteiger partial charge is 0.455 e. The highest BCUT2D eigenvalue weighted by atomic mass is 19.5. The highest BCUT2D eigenvalue weighted by molar-refractivity contribution is 6.50. The Morgan fingerprint density at radius 3 is 1.75 bits per heavy atom. The van der Waals surface area contributed by atoms with Gasteiger partial charge in [0.15, 0.2) is 6.21 Å². The molecule has 134 valence electrons. The van der Waals surface area contributed by atoms with Crippen LogP contribution in [0.1, 0.15) is 33.3 Å². The van der Waals surface area contributed by atoms with E-state index < -0.39 is 7.25 Å². The second-order valence-electron chi connectivity index (χ2n) is 6.38. The molecule has 1 aromatic rings. The van der Waals surface area contributed by atoms with Gasteiger partial charge in [-0.1, -0.05) is 17.7 Å². The quantitative estimate of drug-likeness (QED) is 0.504. The number of rotatable bonds is 2. The van der Waals surface area contributed by atoms with Crippen molar-refractivity contribution in [3.8, 4) is 0 Å². The molecule has 0 aliphatic carbocycles. The van der Waals surface area contributed by atoms with Crippen LogP contribution in [0.4, 0.5) is 23.0 Å². The van der Waals surface area contributed by atoms with Gasteiger partial charge < -0.3 is 26.7 Å². The van der Waals surface area contributed by atoms with Crippen molar-refractivity contribution in [1.82, 2.24) is 0 Å². The molecular weight excluding hydrogens is 325 g/mol. The van der Waals surface area contributed by atoms with E-state index in [-0.39, 0.29) is 11.2 Å². The molecule has 1 aromatic carbocycles. The minimum absolute atomic E-state index is 0.323. The van der Waals surface area contributed by atoms with Gasteiger partial charge in [0.05, 0.1) is 6.08 Å². The minimum atomic E-state index is -6.00. The molecule has 1 aliphatic rings. The summed E-state index contributed by atoms with van der Waals surface area (Å²) in [5.41, 5.74) is 1.64. The number of ether oxygens (including phenoxy) is 2. The lowest BCUT2D eigenvalue weighted by Gasteiger charge is -2.28. The average Bonchev–Trinajstić information content (AvgIpc) is 2.58. The van der Waals surface area contributed by atoms with Gasteiger partial charge in [-0.25, -0.2) is 4.99 Å². The van der Waals surface area contributed by atoms with Crippen molar-refractivity contribution in [2.45, 2.75) is 45.8 Å². The first-order valence-corrected chi connectivity index (χ1v) is 7.42. The third-order valence-electron chi connectivity index (χ3n) is 3.68. The van der Waals surface area contributed by atoms with Crippen LogP contribution < -0.4 is 4.99 Å². The molecule has 8 heteroatoms. The highest BCUT2D eigenvalue weighted by Crippen LogP contribution is 2.39. The Labute approximate surface area is 139 Å². The van der Waals surface area contributed by atoms with Crippen molar-refractivity contribution in [3.05, 3.63) is 41.9 Å². The molecule has 1 saturated heterocycles. The zero-order chi connectivity index (χ0) is 18.6. The van der Waals surface area contributed by atoms with Crippen molar-refractivity contribution in [3.63, 3.8) is 0 Å². The van der Waals surface area contributed by atoms with Crippen LogP contribution in [0.15, 0.2) is 36.3 Å². The molecule has 0 bridgehead atoms. The summed E-state index contributed by atoms with van der Waals surface area (Å²) < 4.78 is 50.6. The van der Waals surface area contributed by atoms with Gasteiger partial charge in [0, 0.05) is 12.1 Å². The van der Waals surface area contributed by atoms with Crippen LogP contribution in [-0.4, -0.2) is 24.7 Å². The highest BCUT2D eigenvalue weighted by Gasteiger charge is 2.48. The van der Waals surface area contributed by atoms with Gasteiger partial charge in [0.1, 0.15) is 11.2 Å². The van der Waals surface area contributed by atoms with Gasteiger partial charge in [-0.3, -0.25) is 0 Å². The molecule has 1 fully saturated rings. The van der Waals surface area contributed by atoms with Crippen molar-refractivity contribution in [2.24, 2.45) is 0 Å². The van der Waals surface area contributed by atoms with Crippen LogP contribution in [-0.2, 0) is 9.47 Å². The molecule has 1 aliphatic heterocycles. The Balaban J connectivity index is 0.000000505. The molecular formula is C16H22BF4NO2. The van der Waals surface area contributed by atoms with Crippen molar-refractivity contribution < 1.29 is 31.7 Å². The molecule has 0 amide bonds. The van der Waals surface area contributed by atoms with Gasteiger partial charge in [-0.2, -0.15) is 0 Å². The second-order valence-corrected chi connectivity index (χ2v) is 6.38. The fourth-order valence-corrected chi connectivity index (χ4v) is 1.69. The summed E-state index contributed by atoms with van der Waals surface area (Å²) >= 11 is 0. The van der Waals surface area contributed by atoms with Gasteiger partial charge in [0.25, 0.3) is 5.95 Å². The number of allylic oxidation sites excluding steroid dienone is 1. The molecule has 3 nitrogen and oxygen atoms in total. The minimum Gasteiger partial charge on any atom is -0.455 e. The van der Waals surface area contributed by atoms with Gasteiger partial charge in [0.2, 0.25) is 5.69 Å². The van der Waals surface area contributed by atoms with Crippen molar-refractivity contribution in [1.29, 1.82) is 0 Å². The Kier molecular flexibility index (Phi) is 6.08. The zero-order valence-corrected chi connectivity index (χ0v) is 14.4. The fourth-order valence-electron chi connectivity index (χ4n) is 1.69. The fraction of sp³-hybridized carbons (Fsp3) is 0.438. The standard InChI is InChI=1S/C16H21NO2.BF4/c1-12-6-8-13(9-7-12)17-11-10-14-18-15(2,3)16(4,5)19-14;2-1(3,4)5/h6-11H,1-5H3;/q;-1/p+1. The van der Waals surface area contributed by atoms with E-state index in [1.165, 1.54) is 5.56 Å². The van der Waals surface area contributed by atoms with E-state index in [4.69, 9.17) is 9.47 Å². The lowest BCUT2D eigenvalue weighted by Crippen LogP contribution is -2.60. The molecule has 2 rings (SSSR count). The third-order valence-corrected chi connectivity index (χ3v) is 3.68. The topological polar surface area (TPSA) is 32.4 Å². The summed E-state index contributed by atoms with van der Waals surface area (Å²) in [4.78, 5) is 3.19. The monoisotopic (exact) mass is 347 g/mol. The molecule has 1 heterocycles. The number of hydrogen-bond donors (Lipinski definition) is 1. The summed E-state index contributed by atoms with van der Waals surface area (Å²) in [6, 6.07) is 8.21. The molecule has 1 N–H and O–H groups in total. The van der Waals surface area contributed by atoms with E-state index in [1.54, 1.807) is 0 Å². The van der Waals surface area contributed by atoms with E-state index in [0.29, 0.717) is 5.95 Å². The normalized spacial score (nSPS) is 18.5. The first-order valence-electron chi connectivity index (χ1n) is 7.42. The zero-order valence-electron chi connectivity index (χ0n) is 14.4. The summed E-state index contributed by atoms with van der Waals surface area (Å²) in [6.07, 6.45) is 3.65. The molecule has 0 radical (unpaired) electrons. The summed E-state index contributed by atoms with van der Waals surface area (Å²) in [5, 5.41) is 0. The maximum atomic E-state index is 9.75. The molecule has 0 unspecified atom stereocenters. The molecule has 0 spiro atoms. The first-order chi connectivity index (χ1) is 10.8. The first kappa shape index (κ1) is 20.1. The number of halogens is 4. The molecule has 0 atom stereocenters. The maximum Gasteiger partial charge on any atom is 0.673 e. The van der Waals surface area contributed by atoms with Crippen LogP contribution in [0.2, 0.25) is 0 Å². The lowest BCUT2D eigenvalue weighted by molar-refractivity contribution is -0.346. The lowest BCUT2D eigenvalue weighted by atomic mass is 9.90. The Morgan fingerprint density at radius 2 is 1.33 bits per heavy atom. The summed E-state index contributed by atoms with van der Waals surface area (Å²) in [6.45, 7) is 10.2. The number of hydrogen-bond acceptors (Lipinski definition) is 2. The Hall–Kier alpha value is -1.99. The van der Waals surface area contributed by atoms with E-state index >= 15 is 0 Å². The maximum absolute atomic E-state index is 9.75. The second kappa shape index (κ2) is 7.28. The number of nitrogens with one attached hydrogen (secondary N) is 1. The van der Waals surface area contributed by atoms with Crippen molar-refractivity contribution in [2.75, 3.05) is 0 Å². The molecule has 0 aromatic heterocycles. The number of aryl methyl sites for hydroxylation is 1. The van der Waals surface area contributed by atoms with Crippen LogP contribution in [0, 0.1) is 6.92 Å². The molecule has 0 saturated carbocycles. The Morgan fingerprint density at radius 1 is 0.917 bits per heavy atom. The van der Waals surface area contributed by atoms with E-state index in [2.05, 4.69) is 24.0 Å². The van der Waals surface area contributed by atoms with Gasteiger partial charge >= 0.3 is 7.25 Å². The van der Waals surface area contributed by atoms with E-state index in [1.807, 2.05) is 52.1 Å². The average molecular weight is 347 g/mol. The summed E-state index contributed by atoms with van der Waals surface area (Å²) in [7, 11) is -6.00. The SMILES string of the molecule is Cc1ccc([NH+]=CC=C2OC(C)(C)C(C)(C)O2)cc1.F[B-](F)(F)F. The van der Waals surface area contributed by atoms with E-state index in [0.717, 1.165) is 5.69 Å². The van der Waals surface area contributed by atoms with E-state index in [9.17, 15) is 17.3 Å². The van der Waals surface area contributed by atoms with Gasteiger partial charge in [-0.05, 0) is 34.6 Å². The largest absolute Gasteiger partial charge is 0.673 e. The van der Waals surface area contributed by atoms with Crippen LogP contribution in [0.3, 0.4) is 0 Å². The third kappa shape index (κ3) is 6.64. The number of benzene rings is 1. The summed E-state index contributed by atoms with van der Waals surface area (Å²) in [5.74, 6) is 0.551.